The van der Waals surface area contributed by atoms with Crippen molar-refractivity contribution in [2.75, 3.05) is 0 Å². The molecule has 0 saturated carbocycles. The van der Waals surface area contributed by atoms with Gasteiger partial charge in [0.15, 0.2) is 11.6 Å². The Morgan fingerprint density at radius 3 is 2.25 bits per heavy atom. The normalized spacial score (nSPS) is 10.2. The number of hydrogen-bond acceptors (Lipinski definition) is 1. The number of halogens is 2. The predicted molar refractivity (Wildman–Crippen MR) is 61.5 cm³/mol. The standard InChI is InChI=1S/C10H10F2N2.C2H6/c1-5-4-7-10(9(12)8(5)11)14(3)6(2)13-7;1-2/h4H,1-3H3;1-2H3. The fourth-order valence-corrected chi connectivity index (χ4v) is 1.54. The molecule has 88 valence electrons. The number of aryl methyl sites for hydroxylation is 3. The van der Waals surface area contributed by atoms with Gasteiger partial charge in [0.25, 0.3) is 0 Å². The summed E-state index contributed by atoms with van der Waals surface area (Å²) in [5.41, 5.74) is 1.01. The molecule has 4 heteroatoms. The number of benzene rings is 1. The maximum absolute atomic E-state index is 13.5. The van der Waals surface area contributed by atoms with Crippen LogP contribution in [0, 0.1) is 25.5 Å². The van der Waals surface area contributed by atoms with Gasteiger partial charge in [-0.15, -0.1) is 0 Å². The highest BCUT2D eigenvalue weighted by molar-refractivity contribution is 5.77. The fraction of sp³-hybridized carbons (Fsp3) is 0.417. The molecule has 1 aromatic heterocycles. The number of rotatable bonds is 0. The Morgan fingerprint density at radius 2 is 1.69 bits per heavy atom. The van der Waals surface area contributed by atoms with Crippen molar-refractivity contribution >= 4 is 11.0 Å². The number of fused-ring (bicyclic) bond motifs is 1. The summed E-state index contributed by atoms with van der Waals surface area (Å²) in [6.07, 6.45) is 0. The molecule has 0 fully saturated rings. The zero-order chi connectivity index (χ0) is 12.5. The number of aromatic nitrogens is 2. The second-order valence-corrected chi connectivity index (χ2v) is 3.41. The van der Waals surface area contributed by atoms with Gasteiger partial charge in [0.2, 0.25) is 0 Å². The molecule has 0 unspecified atom stereocenters. The molecule has 0 aliphatic rings. The van der Waals surface area contributed by atoms with Crippen molar-refractivity contribution in [1.82, 2.24) is 9.55 Å². The number of hydrogen-bond donors (Lipinski definition) is 0. The van der Waals surface area contributed by atoms with Crippen LogP contribution in [-0.4, -0.2) is 9.55 Å². The molecule has 0 spiro atoms. The SMILES string of the molecule is CC.Cc1cc2nc(C)n(C)c2c(F)c1F. The van der Waals surface area contributed by atoms with Crippen molar-refractivity contribution in [3.63, 3.8) is 0 Å². The van der Waals surface area contributed by atoms with E-state index in [1.54, 1.807) is 24.6 Å². The monoisotopic (exact) mass is 226 g/mol. The van der Waals surface area contributed by atoms with Crippen molar-refractivity contribution in [1.29, 1.82) is 0 Å². The van der Waals surface area contributed by atoms with Crippen molar-refractivity contribution in [3.8, 4) is 0 Å². The highest BCUT2D eigenvalue weighted by Crippen LogP contribution is 2.23. The molecule has 0 amide bonds. The topological polar surface area (TPSA) is 17.8 Å². The van der Waals surface area contributed by atoms with Gasteiger partial charge >= 0.3 is 0 Å². The molecule has 1 heterocycles. The summed E-state index contributed by atoms with van der Waals surface area (Å²) in [5.74, 6) is -0.937. The van der Waals surface area contributed by atoms with E-state index in [1.165, 1.54) is 6.92 Å². The van der Waals surface area contributed by atoms with Crippen molar-refractivity contribution < 1.29 is 8.78 Å². The fourth-order valence-electron chi connectivity index (χ4n) is 1.54. The van der Waals surface area contributed by atoms with Gasteiger partial charge in [0.1, 0.15) is 11.3 Å². The maximum atomic E-state index is 13.5. The van der Waals surface area contributed by atoms with Crippen LogP contribution >= 0.6 is 0 Å². The molecule has 0 bridgehead atoms. The summed E-state index contributed by atoms with van der Waals surface area (Å²) in [4.78, 5) is 4.13. The van der Waals surface area contributed by atoms with Crippen LogP contribution in [0.1, 0.15) is 25.2 Å². The third kappa shape index (κ3) is 1.79. The zero-order valence-corrected chi connectivity index (χ0v) is 10.2. The Bertz CT molecular complexity index is 515. The van der Waals surface area contributed by atoms with Gasteiger partial charge in [-0.2, -0.15) is 0 Å². The largest absolute Gasteiger partial charge is 0.329 e. The van der Waals surface area contributed by atoms with Crippen LogP contribution in [0.3, 0.4) is 0 Å². The lowest BCUT2D eigenvalue weighted by atomic mass is 10.2. The van der Waals surface area contributed by atoms with Crippen molar-refractivity contribution in [3.05, 3.63) is 29.1 Å². The lowest BCUT2D eigenvalue weighted by Crippen LogP contribution is -1.96. The van der Waals surface area contributed by atoms with E-state index < -0.39 is 11.6 Å². The van der Waals surface area contributed by atoms with Crippen LogP contribution in [0.5, 0.6) is 0 Å². The van der Waals surface area contributed by atoms with E-state index in [4.69, 9.17) is 0 Å². The highest BCUT2D eigenvalue weighted by Gasteiger charge is 2.15. The summed E-state index contributed by atoms with van der Waals surface area (Å²) in [6.45, 7) is 7.29. The van der Waals surface area contributed by atoms with Gasteiger partial charge < -0.3 is 4.57 Å². The summed E-state index contributed by atoms with van der Waals surface area (Å²) < 4.78 is 28.3. The number of imidazole rings is 1. The first-order valence-electron chi connectivity index (χ1n) is 5.30. The van der Waals surface area contributed by atoms with Crippen LogP contribution in [0.25, 0.3) is 11.0 Å². The van der Waals surface area contributed by atoms with Gasteiger partial charge in [0.05, 0.1) is 5.52 Å². The maximum Gasteiger partial charge on any atom is 0.184 e. The molecule has 2 nitrogen and oxygen atoms in total. The first kappa shape index (κ1) is 12.6. The van der Waals surface area contributed by atoms with Crippen LogP contribution in [0.4, 0.5) is 8.78 Å². The van der Waals surface area contributed by atoms with Gasteiger partial charge in [-0.3, -0.25) is 0 Å². The Kier molecular flexibility index (Phi) is 3.62. The van der Waals surface area contributed by atoms with Crippen LogP contribution in [0.2, 0.25) is 0 Å². The minimum Gasteiger partial charge on any atom is -0.329 e. The van der Waals surface area contributed by atoms with E-state index in [1.807, 2.05) is 13.8 Å². The summed E-state index contributed by atoms with van der Waals surface area (Å²) in [7, 11) is 1.67. The average molecular weight is 226 g/mol. The lowest BCUT2D eigenvalue weighted by Gasteiger charge is -2.01. The summed E-state index contributed by atoms with van der Waals surface area (Å²) in [6, 6.07) is 1.56. The zero-order valence-electron chi connectivity index (χ0n) is 10.2. The lowest BCUT2D eigenvalue weighted by molar-refractivity contribution is 0.507. The molecule has 0 N–H and O–H groups in total. The third-order valence-electron chi connectivity index (χ3n) is 2.45. The molecular formula is C12H16F2N2. The molecule has 0 atom stereocenters. The smallest absolute Gasteiger partial charge is 0.184 e. The molecule has 0 aliphatic carbocycles. The minimum absolute atomic E-state index is 0.227. The predicted octanol–water partition coefficient (Wildman–Crippen LogP) is 3.49. The van der Waals surface area contributed by atoms with E-state index in [9.17, 15) is 8.78 Å². The average Bonchev–Trinajstić information content (AvgIpc) is 2.54. The molecule has 0 saturated heterocycles. The van der Waals surface area contributed by atoms with Crippen LogP contribution in [0.15, 0.2) is 6.07 Å². The summed E-state index contributed by atoms with van der Waals surface area (Å²) in [5, 5.41) is 0. The van der Waals surface area contributed by atoms with Gasteiger partial charge in [-0.1, -0.05) is 13.8 Å². The number of nitrogens with zero attached hydrogens (tertiary/aromatic N) is 2. The highest BCUT2D eigenvalue weighted by atomic mass is 19.2. The molecule has 2 aromatic rings. The van der Waals surface area contributed by atoms with Crippen molar-refractivity contribution in [2.24, 2.45) is 7.05 Å². The third-order valence-corrected chi connectivity index (χ3v) is 2.45. The second-order valence-electron chi connectivity index (χ2n) is 3.41. The second kappa shape index (κ2) is 4.60. The van der Waals surface area contributed by atoms with E-state index >= 15 is 0 Å². The molecule has 1 aromatic carbocycles. The van der Waals surface area contributed by atoms with Gasteiger partial charge in [0, 0.05) is 7.05 Å². The van der Waals surface area contributed by atoms with Crippen LogP contribution < -0.4 is 0 Å². The van der Waals surface area contributed by atoms with Gasteiger partial charge in [-0.05, 0) is 25.5 Å². The molecule has 2 rings (SSSR count). The van der Waals surface area contributed by atoms with E-state index in [-0.39, 0.29) is 11.1 Å². The summed E-state index contributed by atoms with van der Waals surface area (Å²) >= 11 is 0. The molecule has 16 heavy (non-hydrogen) atoms. The van der Waals surface area contributed by atoms with E-state index in [0.717, 1.165) is 0 Å². The Morgan fingerprint density at radius 1 is 1.12 bits per heavy atom. The first-order chi connectivity index (χ1) is 7.52. The molecule has 0 radical (unpaired) electrons. The van der Waals surface area contributed by atoms with Crippen molar-refractivity contribution in [2.45, 2.75) is 27.7 Å². The Hall–Kier alpha value is -1.45. The Balaban J connectivity index is 0.000000606. The van der Waals surface area contributed by atoms with E-state index in [0.29, 0.717) is 11.3 Å². The minimum atomic E-state index is -0.817. The van der Waals surface area contributed by atoms with Gasteiger partial charge in [-0.25, -0.2) is 13.8 Å². The van der Waals surface area contributed by atoms with Crippen LogP contribution in [-0.2, 0) is 7.05 Å². The Labute approximate surface area is 93.9 Å². The quantitative estimate of drug-likeness (QED) is 0.672. The molecule has 0 aliphatic heterocycles. The first-order valence-corrected chi connectivity index (χ1v) is 5.30. The molecular weight excluding hydrogens is 210 g/mol. The van der Waals surface area contributed by atoms with E-state index in [2.05, 4.69) is 4.98 Å².